The van der Waals surface area contributed by atoms with Crippen LogP contribution in [0.25, 0.3) is 0 Å². The van der Waals surface area contributed by atoms with Gasteiger partial charge in [-0.1, -0.05) is 30.9 Å². The van der Waals surface area contributed by atoms with Crippen LogP contribution < -0.4 is 5.73 Å². The maximum absolute atomic E-state index is 13.1. The summed E-state index contributed by atoms with van der Waals surface area (Å²) in [4.78, 5) is 4.23. The van der Waals surface area contributed by atoms with E-state index in [1.54, 1.807) is 0 Å². The standard InChI is InChI=1S/C19H28ClFN2/c20-17-12-16(21)13-23-18(17)15-6-4-14(5-7-15)8-11-19(22)9-2-1-3-10-19/h12-15H,1-11,22H2. The Morgan fingerprint density at radius 1 is 1.17 bits per heavy atom. The Morgan fingerprint density at radius 3 is 2.52 bits per heavy atom. The van der Waals surface area contributed by atoms with Crippen LogP contribution in [0.4, 0.5) is 4.39 Å². The summed E-state index contributed by atoms with van der Waals surface area (Å²) < 4.78 is 13.1. The maximum atomic E-state index is 13.1. The number of halogens is 2. The van der Waals surface area contributed by atoms with Gasteiger partial charge in [0.05, 0.1) is 16.9 Å². The van der Waals surface area contributed by atoms with Crippen LogP contribution >= 0.6 is 11.6 Å². The second-order valence-electron chi connectivity index (χ2n) is 7.70. The minimum absolute atomic E-state index is 0.108. The molecule has 4 heteroatoms. The van der Waals surface area contributed by atoms with Gasteiger partial charge in [-0.15, -0.1) is 0 Å². The third-order valence-electron chi connectivity index (χ3n) is 5.97. The molecule has 1 aromatic heterocycles. The zero-order chi connectivity index (χ0) is 16.3. The summed E-state index contributed by atoms with van der Waals surface area (Å²) in [6.45, 7) is 0. The van der Waals surface area contributed by atoms with Crippen molar-refractivity contribution >= 4 is 11.6 Å². The molecular weight excluding hydrogens is 311 g/mol. The molecule has 2 N–H and O–H groups in total. The molecule has 0 aliphatic heterocycles. The van der Waals surface area contributed by atoms with Crippen molar-refractivity contribution < 1.29 is 4.39 Å². The van der Waals surface area contributed by atoms with Crippen LogP contribution in [0.2, 0.25) is 5.02 Å². The van der Waals surface area contributed by atoms with Gasteiger partial charge in [-0.3, -0.25) is 4.98 Å². The number of rotatable bonds is 4. The van der Waals surface area contributed by atoms with E-state index in [-0.39, 0.29) is 11.4 Å². The molecule has 0 unspecified atom stereocenters. The van der Waals surface area contributed by atoms with Gasteiger partial charge in [-0.25, -0.2) is 4.39 Å². The second kappa shape index (κ2) is 7.48. The summed E-state index contributed by atoms with van der Waals surface area (Å²) in [6.07, 6.45) is 14.8. The smallest absolute Gasteiger partial charge is 0.142 e. The lowest BCUT2D eigenvalue weighted by atomic mass is 9.74. The van der Waals surface area contributed by atoms with Gasteiger partial charge >= 0.3 is 0 Å². The Balaban J connectivity index is 1.48. The minimum atomic E-state index is -0.354. The summed E-state index contributed by atoms with van der Waals surface area (Å²) in [5.74, 6) is 0.821. The molecule has 128 valence electrons. The third kappa shape index (κ3) is 4.45. The van der Waals surface area contributed by atoms with Crippen LogP contribution in [-0.4, -0.2) is 10.5 Å². The molecule has 2 fully saturated rings. The monoisotopic (exact) mass is 338 g/mol. The number of pyridine rings is 1. The molecule has 2 aliphatic rings. The van der Waals surface area contributed by atoms with E-state index in [0.717, 1.165) is 24.5 Å². The molecule has 2 saturated carbocycles. The average Bonchev–Trinajstić information content (AvgIpc) is 2.54. The van der Waals surface area contributed by atoms with Crippen molar-refractivity contribution in [1.82, 2.24) is 4.98 Å². The number of hydrogen-bond donors (Lipinski definition) is 1. The Kier molecular flexibility index (Phi) is 5.58. The van der Waals surface area contributed by atoms with E-state index in [2.05, 4.69) is 4.98 Å². The fraction of sp³-hybridized carbons (Fsp3) is 0.737. The van der Waals surface area contributed by atoms with E-state index in [4.69, 9.17) is 17.3 Å². The number of aromatic nitrogens is 1. The highest BCUT2D eigenvalue weighted by Crippen LogP contribution is 2.40. The Morgan fingerprint density at radius 2 is 1.87 bits per heavy atom. The predicted molar refractivity (Wildman–Crippen MR) is 93.1 cm³/mol. The topological polar surface area (TPSA) is 38.9 Å². The average molecular weight is 339 g/mol. The Bertz CT molecular complexity index is 520. The zero-order valence-electron chi connectivity index (χ0n) is 13.9. The molecular formula is C19H28ClFN2. The van der Waals surface area contributed by atoms with Gasteiger partial charge in [-0.2, -0.15) is 0 Å². The molecule has 0 saturated heterocycles. The lowest BCUT2D eigenvalue weighted by Gasteiger charge is -2.36. The summed E-state index contributed by atoms with van der Waals surface area (Å²) in [6, 6.07) is 1.39. The Labute approximate surface area is 144 Å². The van der Waals surface area contributed by atoms with E-state index in [0.29, 0.717) is 10.9 Å². The molecule has 0 aromatic carbocycles. The summed E-state index contributed by atoms with van der Waals surface area (Å²) in [7, 11) is 0. The summed E-state index contributed by atoms with van der Waals surface area (Å²) in [5, 5.41) is 0.483. The first-order valence-corrected chi connectivity index (χ1v) is 9.53. The molecule has 0 amide bonds. The number of nitrogens with two attached hydrogens (primary N) is 1. The highest BCUT2D eigenvalue weighted by molar-refractivity contribution is 6.31. The first-order chi connectivity index (χ1) is 11.1. The molecule has 2 aliphatic carbocycles. The van der Waals surface area contributed by atoms with Gasteiger partial charge in [0.25, 0.3) is 0 Å². The maximum Gasteiger partial charge on any atom is 0.142 e. The van der Waals surface area contributed by atoms with Crippen molar-refractivity contribution in [1.29, 1.82) is 0 Å². The fourth-order valence-corrected chi connectivity index (χ4v) is 4.75. The van der Waals surface area contributed by atoms with Crippen molar-refractivity contribution in [2.45, 2.75) is 82.1 Å². The van der Waals surface area contributed by atoms with Crippen molar-refractivity contribution in [3.05, 3.63) is 28.8 Å². The van der Waals surface area contributed by atoms with Crippen LogP contribution in [0.3, 0.4) is 0 Å². The molecule has 1 heterocycles. The first-order valence-electron chi connectivity index (χ1n) is 9.16. The summed E-state index contributed by atoms with van der Waals surface area (Å²) >= 11 is 6.16. The molecule has 0 bridgehead atoms. The largest absolute Gasteiger partial charge is 0.325 e. The Hall–Kier alpha value is -0.670. The van der Waals surface area contributed by atoms with E-state index in [9.17, 15) is 4.39 Å². The molecule has 0 radical (unpaired) electrons. The molecule has 2 nitrogen and oxygen atoms in total. The van der Waals surface area contributed by atoms with Gasteiger partial charge in [0.2, 0.25) is 0 Å². The molecule has 3 rings (SSSR count). The number of hydrogen-bond acceptors (Lipinski definition) is 2. The normalized spacial score (nSPS) is 27.8. The van der Waals surface area contributed by atoms with Crippen LogP contribution in [-0.2, 0) is 0 Å². The van der Waals surface area contributed by atoms with Crippen LogP contribution in [0.15, 0.2) is 12.3 Å². The predicted octanol–water partition coefficient (Wildman–Crippen LogP) is 5.59. The van der Waals surface area contributed by atoms with Gasteiger partial charge in [0.15, 0.2) is 0 Å². The highest BCUT2D eigenvalue weighted by atomic mass is 35.5. The van der Waals surface area contributed by atoms with Crippen molar-refractivity contribution in [3.63, 3.8) is 0 Å². The molecule has 23 heavy (non-hydrogen) atoms. The summed E-state index contributed by atoms with van der Waals surface area (Å²) in [5.41, 5.74) is 7.56. The van der Waals surface area contributed by atoms with Crippen LogP contribution in [0.1, 0.15) is 82.2 Å². The van der Waals surface area contributed by atoms with Crippen molar-refractivity contribution in [2.24, 2.45) is 11.7 Å². The first kappa shape index (κ1) is 17.2. The van der Waals surface area contributed by atoms with E-state index in [1.807, 2.05) is 0 Å². The van der Waals surface area contributed by atoms with Gasteiger partial charge < -0.3 is 5.73 Å². The number of nitrogens with zero attached hydrogens (tertiary/aromatic N) is 1. The lowest BCUT2D eigenvalue weighted by Crippen LogP contribution is -2.42. The van der Waals surface area contributed by atoms with Gasteiger partial charge in [-0.05, 0) is 63.4 Å². The van der Waals surface area contributed by atoms with Crippen LogP contribution in [0, 0.1) is 11.7 Å². The zero-order valence-corrected chi connectivity index (χ0v) is 14.6. The third-order valence-corrected chi connectivity index (χ3v) is 6.27. The van der Waals surface area contributed by atoms with Crippen molar-refractivity contribution in [3.8, 4) is 0 Å². The lowest BCUT2D eigenvalue weighted by molar-refractivity contribution is 0.229. The van der Waals surface area contributed by atoms with E-state index in [1.165, 1.54) is 70.1 Å². The van der Waals surface area contributed by atoms with Crippen LogP contribution in [0.5, 0.6) is 0 Å². The van der Waals surface area contributed by atoms with Gasteiger partial charge in [0, 0.05) is 11.5 Å². The SMILES string of the molecule is NC1(CCC2CCC(c3ncc(F)cc3Cl)CC2)CCCCC1. The molecule has 0 spiro atoms. The highest BCUT2D eigenvalue weighted by Gasteiger charge is 2.30. The fourth-order valence-electron chi connectivity index (χ4n) is 4.45. The van der Waals surface area contributed by atoms with E-state index < -0.39 is 0 Å². The molecule has 1 aromatic rings. The van der Waals surface area contributed by atoms with Gasteiger partial charge in [0.1, 0.15) is 5.82 Å². The van der Waals surface area contributed by atoms with E-state index >= 15 is 0 Å². The quantitative estimate of drug-likeness (QED) is 0.777. The molecule has 0 atom stereocenters. The van der Waals surface area contributed by atoms with Crippen molar-refractivity contribution in [2.75, 3.05) is 0 Å². The minimum Gasteiger partial charge on any atom is -0.325 e. The second-order valence-corrected chi connectivity index (χ2v) is 8.11.